The van der Waals surface area contributed by atoms with Crippen molar-refractivity contribution in [3.8, 4) is 0 Å². The molecule has 1 aliphatic rings. The van der Waals surface area contributed by atoms with Gasteiger partial charge in [-0.2, -0.15) is 0 Å². The fraction of sp³-hybridized carbons (Fsp3) is 0.632. The van der Waals surface area contributed by atoms with Crippen LogP contribution in [0.1, 0.15) is 31.7 Å². The van der Waals surface area contributed by atoms with Gasteiger partial charge in [-0.3, -0.25) is 4.99 Å². The van der Waals surface area contributed by atoms with Crippen LogP contribution in [0.3, 0.4) is 0 Å². The van der Waals surface area contributed by atoms with Crippen molar-refractivity contribution in [2.45, 2.75) is 32.6 Å². The number of nitrogens with one attached hydrogen (secondary N) is 2. The van der Waals surface area contributed by atoms with Crippen molar-refractivity contribution >= 4 is 5.96 Å². The van der Waals surface area contributed by atoms with E-state index in [1.807, 2.05) is 12.1 Å². The number of aliphatic imine (C=N–C) groups is 1. The van der Waals surface area contributed by atoms with Gasteiger partial charge in [-0.1, -0.05) is 19.1 Å². The van der Waals surface area contributed by atoms with E-state index < -0.39 is 0 Å². The van der Waals surface area contributed by atoms with E-state index in [1.165, 1.54) is 51.0 Å². The lowest BCUT2D eigenvalue weighted by atomic mass is 9.93. The summed E-state index contributed by atoms with van der Waals surface area (Å²) in [5, 5.41) is 6.73. The first kappa shape index (κ1) is 18.7. The minimum Gasteiger partial charge on any atom is -0.356 e. The molecule has 4 nitrogen and oxygen atoms in total. The Kier molecular flexibility index (Phi) is 8.02. The number of hydrogen-bond donors (Lipinski definition) is 2. The number of likely N-dealkylation sites (tertiary alicyclic amines) is 1. The Bertz CT molecular complexity index is 493. The van der Waals surface area contributed by atoms with Crippen molar-refractivity contribution in [2.24, 2.45) is 10.9 Å². The van der Waals surface area contributed by atoms with E-state index in [9.17, 15) is 4.39 Å². The molecule has 0 unspecified atom stereocenters. The highest BCUT2D eigenvalue weighted by atomic mass is 19.1. The maximum atomic E-state index is 12.9. The predicted molar refractivity (Wildman–Crippen MR) is 98.9 cm³/mol. The zero-order valence-electron chi connectivity index (χ0n) is 15.0. The molecule has 0 spiro atoms. The molecule has 1 fully saturated rings. The van der Waals surface area contributed by atoms with Crippen LogP contribution >= 0.6 is 0 Å². The number of rotatable bonds is 7. The molecule has 5 heteroatoms. The van der Waals surface area contributed by atoms with Gasteiger partial charge in [0.05, 0.1) is 0 Å². The first-order chi connectivity index (χ1) is 11.7. The molecular weight excluding hydrogens is 303 g/mol. The van der Waals surface area contributed by atoms with Gasteiger partial charge in [0.25, 0.3) is 0 Å². The van der Waals surface area contributed by atoms with Crippen molar-refractivity contribution in [3.63, 3.8) is 0 Å². The van der Waals surface area contributed by atoms with E-state index in [0.717, 1.165) is 37.0 Å². The first-order valence-electron chi connectivity index (χ1n) is 9.12. The second kappa shape index (κ2) is 10.3. The molecule has 0 saturated carbocycles. The van der Waals surface area contributed by atoms with Gasteiger partial charge in [-0.05, 0) is 68.9 Å². The van der Waals surface area contributed by atoms with E-state index in [-0.39, 0.29) is 5.82 Å². The summed E-state index contributed by atoms with van der Waals surface area (Å²) in [5.41, 5.74) is 1.13. The highest BCUT2D eigenvalue weighted by Crippen LogP contribution is 2.19. The molecule has 1 aliphatic heterocycles. The van der Waals surface area contributed by atoms with E-state index in [0.29, 0.717) is 0 Å². The zero-order chi connectivity index (χ0) is 17.2. The molecular formula is C19H31FN4. The number of hydrogen-bond acceptors (Lipinski definition) is 2. The normalized spacial score (nSPS) is 17.0. The Hall–Kier alpha value is -1.62. The molecule has 1 saturated heterocycles. The summed E-state index contributed by atoms with van der Waals surface area (Å²) in [4.78, 5) is 6.80. The molecule has 0 atom stereocenters. The third kappa shape index (κ3) is 6.48. The van der Waals surface area contributed by atoms with Crippen LogP contribution in [0.4, 0.5) is 4.39 Å². The van der Waals surface area contributed by atoms with Gasteiger partial charge in [0.15, 0.2) is 5.96 Å². The molecule has 0 amide bonds. The highest BCUT2D eigenvalue weighted by Gasteiger charge is 2.17. The van der Waals surface area contributed by atoms with Gasteiger partial charge in [-0.25, -0.2) is 4.39 Å². The smallest absolute Gasteiger partial charge is 0.190 e. The minimum absolute atomic E-state index is 0.186. The lowest BCUT2D eigenvalue weighted by Crippen LogP contribution is -2.40. The van der Waals surface area contributed by atoms with Crippen LogP contribution in [0.15, 0.2) is 29.3 Å². The van der Waals surface area contributed by atoms with Crippen molar-refractivity contribution < 1.29 is 4.39 Å². The second-order valence-corrected chi connectivity index (χ2v) is 6.47. The van der Waals surface area contributed by atoms with Crippen LogP contribution in [0.25, 0.3) is 0 Å². The van der Waals surface area contributed by atoms with Gasteiger partial charge in [-0.15, -0.1) is 0 Å². The Morgan fingerprint density at radius 3 is 2.46 bits per heavy atom. The fourth-order valence-corrected chi connectivity index (χ4v) is 3.18. The second-order valence-electron chi connectivity index (χ2n) is 6.47. The molecule has 0 aliphatic carbocycles. The molecule has 2 N–H and O–H groups in total. The van der Waals surface area contributed by atoms with E-state index >= 15 is 0 Å². The molecule has 1 heterocycles. The zero-order valence-corrected chi connectivity index (χ0v) is 15.0. The molecule has 1 aromatic carbocycles. The summed E-state index contributed by atoms with van der Waals surface area (Å²) in [5.74, 6) is 1.50. The molecule has 1 aromatic rings. The lowest BCUT2D eigenvalue weighted by Gasteiger charge is -2.31. The summed E-state index contributed by atoms with van der Waals surface area (Å²) in [6.45, 7) is 7.66. The number of nitrogens with zero attached hydrogens (tertiary/aromatic N) is 2. The van der Waals surface area contributed by atoms with Crippen LogP contribution in [0, 0.1) is 11.7 Å². The molecule has 2 rings (SSSR count). The average molecular weight is 334 g/mol. The Labute approximate surface area is 145 Å². The molecule has 0 aromatic heterocycles. The van der Waals surface area contributed by atoms with Crippen LogP contribution in [0.5, 0.6) is 0 Å². The topological polar surface area (TPSA) is 39.7 Å². The van der Waals surface area contributed by atoms with Gasteiger partial charge in [0.1, 0.15) is 5.82 Å². The SMILES string of the molecule is CCN1CCC(CCNC(=NC)NCCc2ccc(F)cc2)CC1. The summed E-state index contributed by atoms with van der Waals surface area (Å²) in [6.07, 6.45) is 4.69. The standard InChI is InChI=1S/C19H31FN4/c1-3-24-14-10-17(11-15-24)9-13-23-19(21-2)22-12-8-16-4-6-18(20)7-5-16/h4-7,17H,3,8-15H2,1-2H3,(H2,21,22,23). The van der Waals surface area contributed by atoms with Gasteiger partial charge < -0.3 is 15.5 Å². The maximum absolute atomic E-state index is 12.9. The number of piperidine rings is 1. The van der Waals surface area contributed by atoms with Crippen molar-refractivity contribution in [1.29, 1.82) is 0 Å². The third-order valence-electron chi connectivity index (χ3n) is 4.84. The van der Waals surface area contributed by atoms with Crippen LogP contribution in [-0.2, 0) is 6.42 Å². The first-order valence-corrected chi connectivity index (χ1v) is 9.12. The fourth-order valence-electron chi connectivity index (χ4n) is 3.18. The van der Waals surface area contributed by atoms with E-state index in [4.69, 9.17) is 0 Å². The maximum Gasteiger partial charge on any atom is 0.190 e. The van der Waals surface area contributed by atoms with Crippen molar-refractivity contribution in [3.05, 3.63) is 35.6 Å². The van der Waals surface area contributed by atoms with E-state index in [2.05, 4.69) is 27.4 Å². The number of benzene rings is 1. The van der Waals surface area contributed by atoms with E-state index in [1.54, 1.807) is 7.05 Å². The lowest BCUT2D eigenvalue weighted by molar-refractivity contribution is 0.187. The summed E-state index contributed by atoms with van der Waals surface area (Å²) < 4.78 is 12.9. The quantitative estimate of drug-likeness (QED) is 0.595. The minimum atomic E-state index is -0.186. The number of guanidine groups is 1. The highest BCUT2D eigenvalue weighted by molar-refractivity contribution is 5.79. The Morgan fingerprint density at radius 2 is 1.83 bits per heavy atom. The van der Waals surface area contributed by atoms with Crippen molar-refractivity contribution in [1.82, 2.24) is 15.5 Å². The monoisotopic (exact) mass is 334 g/mol. The predicted octanol–water partition coefficient (Wildman–Crippen LogP) is 2.66. The number of halogens is 1. The van der Waals surface area contributed by atoms with Gasteiger partial charge >= 0.3 is 0 Å². The Balaban J connectivity index is 1.59. The summed E-state index contributed by atoms with van der Waals surface area (Å²) in [6, 6.07) is 6.67. The largest absolute Gasteiger partial charge is 0.356 e. The molecule has 24 heavy (non-hydrogen) atoms. The molecule has 0 radical (unpaired) electrons. The Morgan fingerprint density at radius 1 is 1.17 bits per heavy atom. The van der Waals surface area contributed by atoms with Gasteiger partial charge in [0, 0.05) is 20.1 Å². The molecule has 134 valence electrons. The molecule has 0 bridgehead atoms. The summed E-state index contributed by atoms with van der Waals surface area (Å²) >= 11 is 0. The van der Waals surface area contributed by atoms with Gasteiger partial charge in [0.2, 0.25) is 0 Å². The van der Waals surface area contributed by atoms with Crippen molar-refractivity contribution in [2.75, 3.05) is 39.8 Å². The summed E-state index contributed by atoms with van der Waals surface area (Å²) in [7, 11) is 1.80. The van der Waals surface area contributed by atoms with Crippen LogP contribution < -0.4 is 10.6 Å². The van der Waals surface area contributed by atoms with Crippen LogP contribution in [-0.4, -0.2) is 50.6 Å². The van der Waals surface area contributed by atoms with Crippen LogP contribution in [0.2, 0.25) is 0 Å². The average Bonchev–Trinajstić information content (AvgIpc) is 2.62. The third-order valence-corrected chi connectivity index (χ3v) is 4.84.